The lowest BCUT2D eigenvalue weighted by Crippen LogP contribution is -3.11. The Bertz CT molecular complexity index is 816. The monoisotopic (exact) mass is 398 g/mol. The number of amides is 2. The number of rotatable bonds is 8. The molecule has 0 aromatic heterocycles. The van der Waals surface area contributed by atoms with E-state index < -0.39 is 6.04 Å². The molecule has 2 aromatic rings. The highest BCUT2D eigenvalue weighted by Gasteiger charge is 2.31. The molecular weight excluding hydrogens is 366 g/mol. The van der Waals surface area contributed by atoms with Crippen LogP contribution in [-0.4, -0.2) is 37.6 Å². The number of hydrogen-bond acceptors (Lipinski definition) is 3. The molecule has 0 saturated heterocycles. The Morgan fingerprint density at radius 2 is 1.66 bits per heavy atom. The van der Waals surface area contributed by atoms with E-state index in [9.17, 15) is 9.59 Å². The fourth-order valence-corrected chi connectivity index (χ4v) is 3.18. The Balaban J connectivity index is 2.24. The summed E-state index contributed by atoms with van der Waals surface area (Å²) in [6.07, 6.45) is 0. The van der Waals surface area contributed by atoms with Crippen molar-refractivity contribution in [1.82, 2.24) is 5.32 Å². The third-order valence-electron chi connectivity index (χ3n) is 4.29. The van der Waals surface area contributed by atoms with Gasteiger partial charge in [-0.3, -0.25) is 9.59 Å². The summed E-state index contributed by atoms with van der Waals surface area (Å²) in [5.74, 6) is 0.334. The highest BCUT2D eigenvalue weighted by molar-refractivity contribution is 5.96. The summed E-state index contributed by atoms with van der Waals surface area (Å²) in [7, 11) is 1.86. The number of carbonyl (C=O) groups excluding carboxylic acids is 2. The molecule has 0 saturated carbocycles. The van der Waals surface area contributed by atoms with E-state index in [-0.39, 0.29) is 23.9 Å². The van der Waals surface area contributed by atoms with Crippen molar-refractivity contribution < 1.29 is 19.2 Å². The van der Waals surface area contributed by atoms with Crippen LogP contribution in [0.4, 0.5) is 5.69 Å². The first-order chi connectivity index (χ1) is 13.7. The van der Waals surface area contributed by atoms with Crippen molar-refractivity contribution in [2.24, 2.45) is 0 Å². The van der Waals surface area contributed by atoms with E-state index in [1.807, 2.05) is 89.3 Å². The molecule has 156 valence electrons. The summed E-state index contributed by atoms with van der Waals surface area (Å²) in [6, 6.07) is 16.3. The van der Waals surface area contributed by atoms with E-state index in [0.717, 1.165) is 10.5 Å². The van der Waals surface area contributed by atoms with Crippen molar-refractivity contribution in [1.29, 1.82) is 0 Å². The second-order valence-corrected chi connectivity index (χ2v) is 8.08. The number of anilines is 1. The zero-order valence-electron chi connectivity index (χ0n) is 17.9. The summed E-state index contributed by atoms with van der Waals surface area (Å²) in [6.45, 7) is 8.40. The molecule has 0 spiro atoms. The predicted molar refractivity (Wildman–Crippen MR) is 115 cm³/mol. The lowest BCUT2D eigenvalue weighted by Gasteiger charge is -2.26. The van der Waals surface area contributed by atoms with Gasteiger partial charge >= 0.3 is 0 Å². The maximum atomic E-state index is 13.3. The SMILES string of the molecule is CCOc1ccccc1NC(=O)[C@@H](c1ccccc1)[NH+](C)CC(=O)NC(C)(C)C. The third-order valence-corrected chi connectivity index (χ3v) is 4.29. The average Bonchev–Trinajstić information content (AvgIpc) is 2.63. The minimum Gasteiger partial charge on any atom is -0.492 e. The molecule has 0 aliphatic rings. The average molecular weight is 399 g/mol. The van der Waals surface area contributed by atoms with Crippen LogP contribution in [0, 0.1) is 0 Å². The van der Waals surface area contributed by atoms with Gasteiger partial charge in [-0.1, -0.05) is 42.5 Å². The van der Waals surface area contributed by atoms with Crippen LogP contribution >= 0.6 is 0 Å². The summed E-state index contributed by atoms with van der Waals surface area (Å²) in [5.41, 5.74) is 1.14. The lowest BCUT2D eigenvalue weighted by molar-refractivity contribution is -0.894. The van der Waals surface area contributed by atoms with Crippen LogP contribution in [-0.2, 0) is 9.59 Å². The molecule has 0 bridgehead atoms. The number of ether oxygens (including phenoxy) is 1. The topological polar surface area (TPSA) is 71.9 Å². The van der Waals surface area contributed by atoms with Gasteiger partial charge in [-0.2, -0.15) is 0 Å². The predicted octanol–water partition coefficient (Wildman–Crippen LogP) is 2.19. The Morgan fingerprint density at radius 1 is 1.03 bits per heavy atom. The molecule has 0 radical (unpaired) electrons. The van der Waals surface area contributed by atoms with Crippen LogP contribution in [0.1, 0.15) is 39.3 Å². The second-order valence-electron chi connectivity index (χ2n) is 8.08. The largest absolute Gasteiger partial charge is 0.492 e. The number of para-hydroxylation sites is 2. The molecule has 6 heteroatoms. The van der Waals surface area contributed by atoms with Crippen molar-refractivity contribution in [3.05, 3.63) is 60.2 Å². The van der Waals surface area contributed by atoms with Crippen LogP contribution in [0.15, 0.2) is 54.6 Å². The zero-order chi connectivity index (χ0) is 21.4. The fourth-order valence-electron chi connectivity index (χ4n) is 3.18. The van der Waals surface area contributed by atoms with Gasteiger partial charge < -0.3 is 20.3 Å². The van der Waals surface area contributed by atoms with Crippen molar-refractivity contribution in [3.63, 3.8) is 0 Å². The molecular formula is C23H32N3O3+. The van der Waals surface area contributed by atoms with Gasteiger partial charge in [0.1, 0.15) is 5.75 Å². The fraction of sp³-hybridized carbons (Fsp3) is 0.391. The maximum absolute atomic E-state index is 13.3. The van der Waals surface area contributed by atoms with Crippen molar-refractivity contribution in [3.8, 4) is 5.75 Å². The van der Waals surface area contributed by atoms with Crippen molar-refractivity contribution >= 4 is 17.5 Å². The lowest BCUT2D eigenvalue weighted by atomic mass is 10.0. The summed E-state index contributed by atoms with van der Waals surface area (Å²) in [5, 5.41) is 5.94. The molecule has 29 heavy (non-hydrogen) atoms. The smallest absolute Gasteiger partial charge is 0.287 e. The van der Waals surface area contributed by atoms with Crippen molar-refractivity contribution in [2.75, 3.05) is 25.5 Å². The first kappa shape index (κ1) is 22.4. The van der Waals surface area contributed by atoms with Gasteiger partial charge in [0.25, 0.3) is 11.8 Å². The van der Waals surface area contributed by atoms with Crippen LogP contribution < -0.4 is 20.3 Å². The van der Waals surface area contributed by atoms with Crippen LogP contribution in [0.3, 0.4) is 0 Å². The van der Waals surface area contributed by atoms with Gasteiger partial charge in [-0.25, -0.2) is 0 Å². The maximum Gasteiger partial charge on any atom is 0.287 e. The molecule has 0 heterocycles. The minimum absolute atomic E-state index is 0.0987. The van der Waals surface area contributed by atoms with E-state index in [1.54, 1.807) is 0 Å². The van der Waals surface area contributed by atoms with E-state index >= 15 is 0 Å². The van der Waals surface area contributed by atoms with Gasteiger partial charge in [-0.05, 0) is 39.8 Å². The molecule has 2 amide bonds. The van der Waals surface area contributed by atoms with E-state index in [1.165, 1.54) is 0 Å². The first-order valence-corrected chi connectivity index (χ1v) is 9.92. The summed E-state index contributed by atoms with van der Waals surface area (Å²) in [4.78, 5) is 26.5. The Kier molecular flexibility index (Phi) is 7.79. The highest BCUT2D eigenvalue weighted by Crippen LogP contribution is 2.24. The quantitative estimate of drug-likeness (QED) is 0.638. The molecule has 2 rings (SSSR count). The van der Waals surface area contributed by atoms with Gasteiger partial charge in [0.05, 0.1) is 19.3 Å². The highest BCUT2D eigenvalue weighted by atomic mass is 16.5. The van der Waals surface area contributed by atoms with Crippen LogP contribution in [0.2, 0.25) is 0 Å². The third kappa shape index (κ3) is 6.91. The molecule has 2 atom stereocenters. The standard InChI is InChI=1S/C23H31N3O3/c1-6-29-19-15-11-10-14-18(19)24-22(28)21(17-12-8-7-9-13-17)26(5)16-20(27)25-23(2,3)4/h7-15,21H,6,16H2,1-5H3,(H,24,28)(H,25,27)/p+1/t21-/m1/s1. The van der Waals surface area contributed by atoms with Gasteiger partial charge in [-0.15, -0.1) is 0 Å². The number of hydrogen-bond donors (Lipinski definition) is 3. The number of likely N-dealkylation sites (N-methyl/N-ethyl adjacent to an activating group) is 1. The van der Waals surface area contributed by atoms with Gasteiger partial charge in [0.15, 0.2) is 12.6 Å². The Morgan fingerprint density at radius 3 is 2.28 bits per heavy atom. The van der Waals surface area contributed by atoms with Crippen LogP contribution in [0.5, 0.6) is 5.75 Å². The van der Waals surface area contributed by atoms with E-state index in [4.69, 9.17) is 4.74 Å². The Labute approximate surface area is 173 Å². The molecule has 0 aliphatic heterocycles. The van der Waals surface area contributed by atoms with Crippen molar-refractivity contribution in [2.45, 2.75) is 39.3 Å². The molecule has 1 unspecified atom stereocenters. The van der Waals surface area contributed by atoms with E-state index in [0.29, 0.717) is 18.0 Å². The zero-order valence-corrected chi connectivity index (χ0v) is 17.9. The molecule has 0 fully saturated rings. The summed E-state index contributed by atoms with van der Waals surface area (Å²) >= 11 is 0. The second kappa shape index (κ2) is 10.1. The number of quaternary nitrogens is 1. The molecule has 2 aromatic carbocycles. The number of nitrogens with one attached hydrogen (secondary N) is 3. The Hall–Kier alpha value is -2.86. The number of carbonyl (C=O) groups is 2. The number of benzene rings is 2. The van der Waals surface area contributed by atoms with Gasteiger partial charge in [0.2, 0.25) is 0 Å². The molecule has 0 aliphatic carbocycles. The molecule has 3 N–H and O–H groups in total. The first-order valence-electron chi connectivity index (χ1n) is 9.92. The summed E-state index contributed by atoms with van der Waals surface area (Å²) < 4.78 is 5.62. The normalized spacial score (nSPS) is 13.3. The van der Waals surface area contributed by atoms with Gasteiger partial charge in [0, 0.05) is 11.1 Å². The van der Waals surface area contributed by atoms with E-state index in [2.05, 4.69) is 10.6 Å². The molecule has 6 nitrogen and oxygen atoms in total. The minimum atomic E-state index is -0.545. The van der Waals surface area contributed by atoms with Crippen LogP contribution in [0.25, 0.3) is 0 Å².